The van der Waals surface area contributed by atoms with E-state index in [1.54, 1.807) is 6.92 Å². The smallest absolute Gasteiger partial charge is 0.330 e. The second-order valence-corrected chi connectivity index (χ2v) is 10.8. The third-order valence-corrected chi connectivity index (χ3v) is 7.09. The van der Waals surface area contributed by atoms with Crippen molar-refractivity contribution in [1.29, 1.82) is 5.26 Å². The van der Waals surface area contributed by atoms with E-state index in [2.05, 4.69) is 16.4 Å². The van der Waals surface area contributed by atoms with Crippen molar-refractivity contribution in [2.24, 2.45) is 5.41 Å². The summed E-state index contributed by atoms with van der Waals surface area (Å²) in [6.07, 6.45) is 6.26. The van der Waals surface area contributed by atoms with E-state index in [-0.39, 0.29) is 24.3 Å². The number of esters is 1. The van der Waals surface area contributed by atoms with Crippen molar-refractivity contribution in [3.63, 3.8) is 0 Å². The van der Waals surface area contributed by atoms with Gasteiger partial charge in [-0.15, -0.1) is 0 Å². The minimum atomic E-state index is -1.09. The molecule has 2 aromatic heterocycles. The SMILES string of the molecule is CCOC(=O)/C=C/c1coc(-c2nc3oc2[C@@]2(C#N)CCc4ccc(cc42)CCC(=O)N[C@H]3C(C)(C)C)n1. The lowest BCUT2D eigenvalue weighted by molar-refractivity contribution is -0.137. The van der Waals surface area contributed by atoms with Crippen LogP contribution in [-0.2, 0) is 32.6 Å². The summed E-state index contributed by atoms with van der Waals surface area (Å²) in [5.74, 6) is 0.195. The van der Waals surface area contributed by atoms with E-state index in [1.165, 1.54) is 18.4 Å². The summed E-state index contributed by atoms with van der Waals surface area (Å²) in [5.41, 5.74) is 2.09. The second-order valence-electron chi connectivity index (χ2n) is 10.8. The van der Waals surface area contributed by atoms with Crippen LogP contribution in [0.4, 0.5) is 0 Å². The molecule has 0 saturated carbocycles. The fraction of sp³-hybridized carbons (Fsp3) is 0.414. The van der Waals surface area contributed by atoms with Gasteiger partial charge in [0.1, 0.15) is 23.4 Å². The Morgan fingerprint density at radius 3 is 2.84 bits per heavy atom. The number of hydrogen-bond acceptors (Lipinski definition) is 8. The molecule has 0 saturated heterocycles. The Morgan fingerprint density at radius 1 is 1.29 bits per heavy atom. The summed E-state index contributed by atoms with van der Waals surface area (Å²) in [6, 6.07) is 8.06. The summed E-state index contributed by atoms with van der Waals surface area (Å²) < 4.78 is 17.2. The first kappa shape index (κ1) is 25.5. The average Bonchev–Trinajstić information content (AvgIpc) is 3.60. The van der Waals surface area contributed by atoms with Crippen LogP contribution in [0.25, 0.3) is 17.7 Å². The van der Waals surface area contributed by atoms with Gasteiger partial charge in [0.15, 0.2) is 11.5 Å². The molecule has 4 bridgehead atoms. The quantitative estimate of drug-likeness (QED) is 0.388. The molecular formula is C29H30N4O5. The molecule has 0 unspecified atom stereocenters. The van der Waals surface area contributed by atoms with Crippen molar-refractivity contribution in [2.45, 2.75) is 64.8 Å². The second kappa shape index (κ2) is 9.60. The van der Waals surface area contributed by atoms with E-state index in [0.717, 1.165) is 16.7 Å². The minimum absolute atomic E-state index is 0.110. The maximum absolute atomic E-state index is 13.0. The van der Waals surface area contributed by atoms with Crippen LogP contribution in [0.5, 0.6) is 0 Å². The number of amides is 1. The van der Waals surface area contributed by atoms with Gasteiger partial charge in [0.25, 0.3) is 0 Å². The highest BCUT2D eigenvalue weighted by molar-refractivity contribution is 5.86. The molecule has 9 nitrogen and oxygen atoms in total. The van der Waals surface area contributed by atoms with E-state index in [4.69, 9.17) is 18.6 Å². The summed E-state index contributed by atoms with van der Waals surface area (Å²) in [7, 11) is 0. The minimum Gasteiger partial charge on any atom is -0.463 e. The van der Waals surface area contributed by atoms with Crippen molar-refractivity contribution >= 4 is 18.0 Å². The zero-order valence-electron chi connectivity index (χ0n) is 22.0. The van der Waals surface area contributed by atoms with Crippen LogP contribution in [0.3, 0.4) is 0 Å². The van der Waals surface area contributed by atoms with E-state index in [1.807, 2.05) is 39.0 Å². The molecule has 9 heteroatoms. The number of nitriles is 1. The molecule has 1 N–H and O–H groups in total. The van der Waals surface area contributed by atoms with E-state index < -0.39 is 22.8 Å². The molecule has 2 aliphatic rings. The predicted molar refractivity (Wildman–Crippen MR) is 137 cm³/mol. The van der Waals surface area contributed by atoms with Gasteiger partial charge < -0.3 is 18.9 Å². The third-order valence-electron chi connectivity index (χ3n) is 7.09. The molecule has 1 aliphatic heterocycles. The Bertz CT molecular complexity index is 1470. The molecule has 0 spiro atoms. The molecule has 2 atom stereocenters. The van der Waals surface area contributed by atoms with Crippen molar-refractivity contribution in [2.75, 3.05) is 6.61 Å². The summed E-state index contributed by atoms with van der Waals surface area (Å²) in [6.45, 7) is 7.98. The maximum Gasteiger partial charge on any atom is 0.330 e. The average molecular weight is 515 g/mol. The van der Waals surface area contributed by atoms with Crippen LogP contribution in [0, 0.1) is 16.7 Å². The van der Waals surface area contributed by atoms with E-state index in [9.17, 15) is 14.9 Å². The number of ether oxygens (including phenoxy) is 1. The van der Waals surface area contributed by atoms with Gasteiger partial charge in [-0.1, -0.05) is 39.0 Å². The number of benzene rings is 1. The lowest BCUT2D eigenvalue weighted by Crippen LogP contribution is -2.37. The van der Waals surface area contributed by atoms with Crippen LogP contribution in [0.15, 0.2) is 39.4 Å². The van der Waals surface area contributed by atoms with E-state index in [0.29, 0.717) is 42.8 Å². The van der Waals surface area contributed by atoms with E-state index >= 15 is 0 Å². The van der Waals surface area contributed by atoms with Crippen LogP contribution in [0.2, 0.25) is 0 Å². The molecule has 38 heavy (non-hydrogen) atoms. The van der Waals surface area contributed by atoms with Crippen molar-refractivity contribution in [3.8, 4) is 17.7 Å². The van der Waals surface area contributed by atoms with Gasteiger partial charge in [0.05, 0.1) is 12.7 Å². The lowest BCUT2D eigenvalue weighted by atomic mass is 9.79. The molecular weight excluding hydrogens is 484 g/mol. The van der Waals surface area contributed by atoms with Gasteiger partial charge in [-0.2, -0.15) is 5.26 Å². The number of nitrogens with one attached hydrogen (secondary N) is 1. The first-order valence-corrected chi connectivity index (χ1v) is 12.8. The predicted octanol–water partition coefficient (Wildman–Crippen LogP) is 4.81. The number of carbonyl (C=O) groups excluding carboxylic acids is 2. The molecule has 1 amide bonds. The molecule has 0 radical (unpaired) electrons. The first-order chi connectivity index (χ1) is 18.1. The van der Waals surface area contributed by atoms with Crippen LogP contribution in [-0.4, -0.2) is 28.5 Å². The first-order valence-electron chi connectivity index (χ1n) is 12.8. The molecule has 1 aliphatic carbocycles. The maximum atomic E-state index is 13.0. The monoisotopic (exact) mass is 514 g/mol. The third kappa shape index (κ3) is 4.51. The van der Waals surface area contributed by atoms with Crippen LogP contribution in [0.1, 0.15) is 80.6 Å². The number of oxazole rings is 2. The number of rotatable bonds is 4. The number of fused-ring (bicyclic) bond motifs is 4. The highest BCUT2D eigenvalue weighted by Crippen LogP contribution is 2.49. The molecule has 196 valence electrons. The number of hydrogen-bond donors (Lipinski definition) is 1. The van der Waals surface area contributed by atoms with Gasteiger partial charge in [0.2, 0.25) is 17.7 Å². The topological polar surface area (TPSA) is 131 Å². The normalized spacial score (nSPS) is 20.9. The zero-order valence-corrected chi connectivity index (χ0v) is 22.0. The van der Waals surface area contributed by atoms with Gasteiger partial charge in [0, 0.05) is 12.5 Å². The summed E-state index contributed by atoms with van der Waals surface area (Å²) in [5, 5.41) is 13.7. The van der Waals surface area contributed by atoms with Crippen molar-refractivity contribution < 1.29 is 23.2 Å². The summed E-state index contributed by atoms with van der Waals surface area (Å²) >= 11 is 0. The fourth-order valence-corrected chi connectivity index (χ4v) is 5.10. The Kier molecular flexibility index (Phi) is 6.43. The highest BCUT2D eigenvalue weighted by atomic mass is 16.5. The van der Waals surface area contributed by atoms with Crippen LogP contribution >= 0.6 is 0 Å². The fourth-order valence-electron chi connectivity index (χ4n) is 5.10. The number of carbonyl (C=O) groups is 2. The standard InChI is InChI=1S/C29H30N4O5/c1-5-36-22(35)11-9-19-15-37-26(31-19)23-25-29(16-30)13-12-18-8-6-17(14-20(18)29)7-10-21(34)32-24(28(2,3)4)27(33-23)38-25/h6,8-9,11,14-15,24H,5,7,10,12-13H2,1-4H3,(H,32,34)/b11-9+/t24-,29-/m1/s1. The van der Waals surface area contributed by atoms with Gasteiger partial charge >= 0.3 is 5.97 Å². The largest absolute Gasteiger partial charge is 0.463 e. The van der Waals surface area contributed by atoms with Crippen LogP contribution < -0.4 is 5.32 Å². The van der Waals surface area contributed by atoms with Gasteiger partial charge in [-0.25, -0.2) is 14.8 Å². The summed E-state index contributed by atoms with van der Waals surface area (Å²) in [4.78, 5) is 34.0. The van der Waals surface area contributed by atoms with Crippen molar-refractivity contribution in [1.82, 2.24) is 15.3 Å². The highest BCUT2D eigenvalue weighted by Gasteiger charge is 2.48. The van der Waals surface area contributed by atoms with Crippen molar-refractivity contribution in [3.05, 3.63) is 64.6 Å². The molecule has 5 rings (SSSR count). The molecule has 3 heterocycles. The van der Waals surface area contributed by atoms with Gasteiger partial charge in [-0.05, 0) is 54.4 Å². The number of aromatic nitrogens is 2. The Morgan fingerprint density at radius 2 is 2.11 bits per heavy atom. The molecule has 1 aromatic carbocycles. The Labute approximate surface area is 220 Å². The lowest BCUT2D eigenvalue weighted by Gasteiger charge is -2.29. The molecule has 0 fully saturated rings. The number of nitrogens with zero attached hydrogens (tertiary/aromatic N) is 3. The number of aryl methyl sites for hydroxylation is 2. The van der Waals surface area contributed by atoms with Gasteiger partial charge in [-0.3, -0.25) is 4.79 Å². The zero-order chi connectivity index (χ0) is 27.1. The molecule has 3 aromatic rings. The Hall–Kier alpha value is -4.19. The Balaban J connectivity index is 1.70.